The van der Waals surface area contributed by atoms with Gasteiger partial charge in [0.15, 0.2) is 0 Å². The predicted molar refractivity (Wildman–Crippen MR) is 144 cm³/mol. The van der Waals surface area contributed by atoms with Gasteiger partial charge in [-0.1, -0.05) is 36.4 Å². The van der Waals surface area contributed by atoms with E-state index in [-0.39, 0.29) is 22.9 Å². The monoisotopic (exact) mass is 517 g/mol. The fourth-order valence-electron chi connectivity index (χ4n) is 4.72. The topological polar surface area (TPSA) is 59.4 Å². The summed E-state index contributed by atoms with van der Waals surface area (Å²) in [6.45, 7) is 0.512. The van der Waals surface area contributed by atoms with E-state index in [1.54, 1.807) is 6.07 Å². The van der Waals surface area contributed by atoms with Gasteiger partial charge in [-0.3, -0.25) is 4.79 Å². The average molecular weight is 518 g/mol. The molecular formula is C29H24FNO3S2. The predicted octanol–water partition coefficient (Wildman–Crippen LogP) is 7.58. The van der Waals surface area contributed by atoms with Crippen LogP contribution < -0.4 is 4.74 Å². The van der Waals surface area contributed by atoms with Crippen molar-refractivity contribution >= 4 is 51.4 Å². The molecular weight excluding hydrogens is 493 g/mol. The van der Waals surface area contributed by atoms with Gasteiger partial charge in [-0.05, 0) is 65.3 Å². The van der Waals surface area contributed by atoms with Crippen LogP contribution in [0.1, 0.15) is 51.8 Å². The first-order valence-corrected chi connectivity index (χ1v) is 13.8. The van der Waals surface area contributed by atoms with Crippen LogP contribution in [0.15, 0.2) is 60.7 Å². The average Bonchev–Trinajstić information content (AvgIpc) is 3.53. The molecule has 4 nitrogen and oxygen atoms in total. The van der Waals surface area contributed by atoms with Crippen LogP contribution in [0, 0.1) is 11.2 Å². The van der Waals surface area contributed by atoms with Crippen LogP contribution in [0.2, 0.25) is 0 Å². The minimum Gasteiger partial charge on any atom is -0.489 e. The standard InChI is InChI=1S/C29H24FNO3S2/c30-20-7-9-25-23(14-20)31-26(36-25)10-6-18-5-8-24-22(13-18)28(21-4-2-1-3-19(21)16-34-24)35-17-29(11-12-29)15-27(32)33/h1-10,13-14,28H,11-12,15-17H2,(H,32,33)/b10-6+. The Morgan fingerprint density at radius 2 is 2.00 bits per heavy atom. The smallest absolute Gasteiger partial charge is 0.303 e. The zero-order chi connectivity index (χ0) is 24.7. The molecule has 0 spiro atoms. The second-order valence-corrected chi connectivity index (χ2v) is 11.7. The molecule has 1 unspecified atom stereocenters. The van der Waals surface area contributed by atoms with Gasteiger partial charge in [0.2, 0.25) is 0 Å². The van der Waals surface area contributed by atoms with Gasteiger partial charge in [-0.15, -0.1) is 23.1 Å². The summed E-state index contributed by atoms with van der Waals surface area (Å²) in [5.41, 5.74) is 5.08. The quantitative estimate of drug-likeness (QED) is 0.274. The molecule has 0 amide bonds. The van der Waals surface area contributed by atoms with Crippen molar-refractivity contribution in [3.8, 4) is 5.75 Å². The number of thioether (sulfide) groups is 1. The number of carbonyl (C=O) groups is 1. The van der Waals surface area contributed by atoms with Crippen molar-refractivity contribution in [2.24, 2.45) is 5.41 Å². The Balaban J connectivity index is 1.32. The SMILES string of the molecule is O=C(O)CC1(CSC2c3ccccc3COc3ccc(/C=C/c4nc5cc(F)ccc5s4)cc32)CC1. The molecule has 1 atom stereocenters. The number of carboxylic acids is 1. The van der Waals surface area contributed by atoms with Crippen LogP contribution >= 0.6 is 23.1 Å². The number of aliphatic carboxylic acids is 1. The summed E-state index contributed by atoms with van der Waals surface area (Å²) in [5, 5.41) is 10.3. The van der Waals surface area contributed by atoms with Gasteiger partial charge < -0.3 is 9.84 Å². The molecule has 0 bridgehead atoms. The van der Waals surface area contributed by atoms with E-state index in [4.69, 9.17) is 4.74 Å². The first-order valence-electron chi connectivity index (χ1n) is 11.9. The lowest BCUT2D eigenvalue weighted by molar-refractivity contribution is -0.138. The van der Waals surface area contributed by atoms with E-state index in [0.29, 0.717) is 12.1 Å². The maximum atomic E-state index is 13.5. The molecule has 1 saturated carbocycles. The van der Waals surface area contributed by atoms with Gasteiger partial charge in [0.1, 0.15) is 23.2 Å². The summed E-state index contributed by atoms with van der Waals surface area (Å²) in [6.07, 6.45) is 6.16. The van der Waals surface area contributed by atoms with Crippen LogP contribution in [0.4, 0.5) is 4.39 Å². The molecule has 36 heavy (non-hydrogen) atoms. The highest BCUT2D eigenvalue weighted by Crippen LogP contribution is 2.55. The molecule has 6 rings (SSSR count). The molecule has 1 aliphatic carbocycles. The number of aromatic nitrogens is 1. The number of hydrogen-bond acceptors (Lipinski definition) is 5. The summed E-state index contributed by atoms with van der Waals surface area (Å²) in [7, 11) is 0. The van der Waals surface area contributed by atoms with E-state index in [2.05, 4.69) is 29.2 Å². The third-order valence-corrected chi connectivity index (χ3v) is 9.48. The number of rotatable bonds is 7. The molecule has 2 heterocycles. The number of fused-ring (bicyclic) bond motifs is 3. The molecule has 1 N–H and O–H groups in total. The van der Waals surface area contributed by atoms with Gasteiger partial charge in [0, 0.05) is 17.4 Å². The first-order chi connectivity index (χ1) is 17.5. The van der Waals surface area contributed by atoms with Crippen molar-refractivity contribution in [2.75, 3.05) is 5.75 Å². The Hall–Kier alpha value is -3.16. The van der Waals surface area contributed by atoms with Gasteiger partial charge in [0.25, 0.3) is 0 Å². The van der Waals surface area contributed by atoms with Crippen molar-refractivity contribution in [3.63, 3.8) is 0 Å². The number of halogens is 1. The number of ether oxygens (including phenoxy) is 1. The molecule has 2 aliphatic rings. The fourth-order valence-corrected chi connectivity index (χ4v) is 7.25. The van der Waals surface area contributed by atoms with E-state index < -0.39 is 5.97 Å². The largest absolute Gasteiger partial charge is 0.489 e. The number of thiazole rings is 1. The normalized spacial score (nSPS) is 17.9. The minimum atomic E-state index is -0.719. The van der Waals surface area contributed by atoms with E-state index >= 15 is 0 Å². The zero-order valence-corrected chi connectivity index (χ0v) is 21.1. The lowest BCUT2D eigenvalue weighted by atomic mass is 9.98. The zero-order valence-electron chi connectivity index (χ0n) is 19.4. The Morgan fingerprint density at radius 3 is 2.83 bits per heavy atom. The second-order valence-electron chi connectivity index (χ2n) is 9.54. The number of nitrogens with zero attached hydrogens (tertiary/aromatic N) is 1. The Morgan fingerprint density at radius 1 is 1.14 bits per heavy atom. The second kappa shape index (κ2) is 9.37. The molecule has 7 heteroatoms. The maximum Gasteiger partial charge on any atom is 0.303 e. The molecule has 0 radical (unpaired) electrons. The summed E-state index contributed by atoms with van der Waals surface area (Å²) in [6, 6.07) is 19.2. The van der Waals surface area contributed by atoms with Crippen molar-refractivity contribution in [2.45, 2.75) is 31.1 Å². The van der Waals surface area contributed by atoms with E-state index in [9.17, 15) is 14.3 Å². The molecule has 1 fully saturated rings. The third kappa shape index (κ3) is 4.77. The van der Waals surface area contributed by atoms with Crippen LogP contribution in [0.3, 0.4) is 0 Å². The minimum absolute atomic E-state index is 0.0590. The fraction of sp³-hybridized carbons (Fsp3) is 0.241. The van der Waals surface area contributed by atoms with E-state index in [0.717, 1.165) is 50.7 Å². The van der Waals surface area contributed by atoms with Crippen LogP contribution in [0.25, 0.3) is 22.4 Å². The van der Waals surface area contributed by atoms with E-state index in [1.807, 2.05) is 42.1 Å². The highest BCUT2D eigenvalue weighted by Gasteiger charge is 2.45. The highest BCUT2D eigenvalue weighted by atomic mass is 32.2. The molecule has 182 valence electrons. The lowest BCUT2D eigenvalue weighted by Crippen LogP contribution is -2.12. The van der Waals surface area contributed by atoms with Crippen molar-refractivity contribution in [3.05, 3.63) is 93.7 Å². The third-order valence-electron chi connectivity index (χ3n) is 6.86. The van der Waals surface area contributed by atoms with Gasteiger partial charge in [-0.2, -0.15) is 0 Å². The Kier molecular flexibility index (Phi) is 6.05. The van der Waals surface area contributed by atoms with Crippen LogP contribution in [0.5, 0.6) is 5.75 Å². The summed E-state index contributed by atoms with van der Waals surface area (Å²) in [5.74, 6) is 0.664. The Bertz CT molecular complexity index is 1490. The molecule has 1 aromatic heterocycles. The maximum absolute atomic E-state index is 13.5. The molecule has 3 aromatic carbocycles. The molecule has 0 saturated heterocycles. The number of carboxylic acid groups (broad SMARTS) is 1. The van der Waals surface area contributed by atoms with Gasteiger partial charge in [0.05, 0.1) is 21.9 Å². The lowest BCUT2D eigenvalue weighted by Gasteiger charge is -2.22. The van der Waals surface area contributed by atoms with Crippen LogP contribution in [-0.2, 0) is 11.4 Å². The van der Waals surface area contributed by atoms with Gasteiger partial charge >= 0.3 is 5.97 Å². The summed E-state index contributed by atoms with van der Waals surface area (Å²) >= 11 is 3.35. The van der Waals surface area contributed by atoms with Crippen molar-refractivity contribution in [1.29, 1.82) is 0 Å². The van der Waals surface area contributed by atoms with E-state index in [1.165, 1.54) is 29.0 Å². The molecule has 1 aliphatic heterocycles. The molecule has 4 aromatic rings. The summed E-state index contributed by atoms with van der Waals surface area (Å²) < 4.78 is 20.7. The number of benzene rings is 3. The Labute approximate surface area is 216 Å². The number of hydrogen-bond donors (Lipinski definition) is 1. The van der Waals surface area contributed by atoms with Gasteiger partial charge in [-0.25, -0.2) is 9.37 Å². The first kappa shape index (κ1) is 23.3. The van der Waals surface area contributed by atoms with Crippen molar-refractivity contribution in [1.82, 2.24) is 4.98 Å². The highest BCUT2D eigenvalue weighted by molar-refractivity contribution is 7.99. The van der Waals surface area contributed by atoms with Crippen LogP contribution in [-0.4, -0.2) is 21.8 Å². The van der Waals surface area contributed by atoms with Crippen molar-refractivity contribution < 1.29 is 19.0 Å². The summed E-state index contributed by atoms with van der Waals surface area (Å²) in [4.78, 5) is 15.9.